The molecule has 2 aliphatic heterocycles. The van der Waals surface area contributed by atoms with Gasteiger partial charge in [0.25, 0.3) is 5.69 Å². The third kappa shape index (κ3) is 11.8. The van der Waals surface area contributed by atoms with Crippen LogP contribution in [0.1, 0.15) is 85.8 Å². The third-order valence-electron chi connectivity index (χ3n) is 12.7. The molecule has 2 heterocycles. The summed E-state index contributed by atoms with van der Waals surface area (Å²) in [6.07, 6.45) is -6.94. The van der Waals surface area contributed by atoms with Gasteiger partial charge >= 0.3 is 11.9 Å². The van der Waals surface area contributed by atoms with E-state index in [-0.39, 0.29) is 42.9 Å². The second kappa shape index (κ2) is 21.0. The minimum Gasteiger partial charge on any atom is -0.461 e. The number of halogens is 1. The first-order valence-corrected chi connectivity index (χ1v) is 21.0. The van der Waals surface area contributed by atoms with Gasteiger partial charge < -0.3 is 38.6 Å². The van der Waals surface area contributed by atoms with Crippen LogP contribution in [0.4, 0.5) is 10.1 Å². The average Bonchev–Trinajstić information content (AvgIpc) is 3.22. The van der Waals surface area contributed by atoms with Gasteiger partial charge in [0.05, 0.1) is 41.2 Å². The Bertz CT molecular complexity index is 1800. The molecule has 0 radical (unpaired) electrons. The van der Waals surface area contributed by atoms with E-state index in [9.17, 15) is 39.1 Å². The maximum atomic E-state index is 14.2. The van der Waals surface area contributed by atoms with Crippen LogP contribution in [-0.4, -0.2) is 119 Å². The Morgan fingerprint density at radius 1 is 0.984 bits per heavy atom. The van der Waals surface area contributed by atoms with Gasteiger partial charge in [0.15, 0.2) is 6.29 Å². The van der Waals surface area contributed by atoms with E-state index in [1.54, 1.807) is 39.8 Å². The molecule has 1 unspecified atom stereocenters. The minimum atomic E-state index is -2.04. The molecule has 15 nitrogen and oxygen atoms in total. The molecule has 2 aliphatic rings. The standard InChI is InChI=1S/C45H65FN2O13/c1-12-35-45(8,53)40(51)27(4)37(50)25(2)23-44(7,57-11)41(28(5)38(29(6)42(52)59-35)60-36(49)22-30-13-17-32(46)18-14-30)61-43-39(56-10)34(21-26(3)58-43)47(9)24-31-15-19-33(20-16-31)48(54)55/h13-20,25-29,34-35,38-41,43,51,53H,12,21-24H2,1-11H3/t25-,26+,27-,28+,29-,34-,35-,38+,39+,40-,41-,43?,44-,45-/m1/s1. The lowest BCUT2D eigenvalue weighted by Gasteiger charge is -2.49. The normalized spacial score (nSPS) is 35.6. The van der Waals surface area contributed by atoms with Crippen molar-refractivity contribution < 1.29 is 62.3 Å². The van der Waals surface area contributed by atoms with E-state index in [0.29, 0.717) is 18.5 Å². The van der Waals surface area contributed by atoms with Gasteiger partial charge in [-0.15, -0.1) is 0 Å². The number of cyclic esters (lactones) is 1. The van der Waals surface area contributed by atoms with E-state index >= 15 is 0 Å². The van der Waals surface area contributed by atoms with Crippen LogP contribution in [0.2, 0.25) is 0 Å². The number of ketones is 1. The van der Waals surface area contributed by atoms with Crippen molar-refractivity contribution in [1.29, 1.82) is 0 Å². The van der Waals surface area contributed by atoms with E-state index in [1.165, 1.54) is 71.4 Å². The fourth-order valence-electron chi connectivity index (χ4n) is 9.04. The second-order valence-electron chi connectivity index (χ2n) is 17.4. The highest BCUT2D eigenvalue weighted by Gasteiger charge is 2.53. The van der Waals surface area contributed by atoms with E-state index in [0.717, 1.165) is 5.56 Å². The molecule has 2 fully saturated rings. The van der Waals surface area contributed by atoms with Gasteiger partial charge in [0.2, 0.25) is 0 Å². The lowest BCUT2D eigenvalue weighted by molar-refractivity contribution is -0.384. The van der Waals surface area contributed by atoms with E-state index < -0.39 is 94.4 Å². The van der Waals surface area contributed by atoms with Crippen LogP contribution in [-0.2, 0) is 55.8 Å². The van der Waals surface area contributed by atoms with Gasteiger partial charge in [-0.25, -0.2) is 4.39 Å². The number of hydrogen-bond donors (Lipinski definition) is 2. The summed E-state index contributed by atoms with van der Waals surface area (Å²) in [6, 6.07) is 11.4. The fraction of sp³-hybridized carbons (Fsp3) is 0.667. The first kappa shape index (κ1) is 49.8. The van der Waals surface area contributed by atoms with Gasteiger partial charge in [-0.3, -0.25) is 29.4 Å². The topological polar surface area (TPSA) is 193 Å². The first-order valence-electron chi connectivity index (χ1n) is 21.0. The molecule has 0 aliphatic carbocycles. The number of carbonyl (C=O) groups is 3. The minimum absolute atomic E-state index is 0.0198. The zero-order chi connectivity index (χ0) is 45.6. The Kier molecular flexibility index (Phi) is 17.1. The lowest BCUT2D eigenvalue weighted by atomic mass is 9.74. The van der Waals surface area contributed by atoms with E-state index in [1.807, 2.05) is 14.0 Å². The molecule has 340 valence electrons. The number of nitrogens with zero attached hydrogens (tertiary/aromatic N) is 2. The second-order valence-corrected chi connectivity index (χ2v) is 17.4. The number of aliphatic hydroxyl groups is 2. The van der Waals surface area contributed by atoms with Crippen molar-refractivity contribution in [1.82, 2.24) is 4.90 Å². The predicted octanol–water partition coefficient (Wildman–Crippen LogP) is 5.58. The Labute approximate surface area is 358 Å². The number of ether oxygens (including phenoxy) is 6. The number of nitro groups is 1. The molecule has 0 aromatic heterocycles. The molecular formula is C45H65FN2O13. The van der Waals surface area contributed by atoms with Crippen molar-refractivity contribution in [3.63, 3.8) is 0 Å². The number of hydrogen-bond acceptors (Lipinski definition) is 14. The average molecular weight is 861 g/mol. The van der Waals surface area contributed by atoms with Crippen LogP contribution in [0.25, 0.3) is 0 Å². The number of rotatable bonds is 12. The molecule has 0 saturated carbocycles. The van der Waals surface area contributed by atoms with Gasteiger partial charge in [-0.1, -0.05) is 52.0 Å². The number of esters is 2. The van der Waals surface area contributed by atoms with Gasteiger partial charge in [-0.05, 0) is 77.3 Å². The summed E-state index contributed by atoms with van der Waals surface area (Å²) in [5.74, 6) is -6.31. The smallest absolute Gasteiger partial charge is 0.312 e. The monoisotopic (exact) mass is 860 g/mol. The maximum absolute atomic E-state index is 14.2. The lowest BCUT2D eigenvalue weighted by Crippen LogP contribution is -2.61. The molecule has 2 saturated heterocycles. The van der Waals surface area contributed by atoms with Crippen molar-refractivity contribution in [2.24, 2.45) is 23.7 Å². The molecule has 4 rings (SSSR count). The summed E-state index contributed by atoms with van der Waals surface area (Å²) in [4.78, 5) is 55.0. The first-order chi connectivity index (χ1) is 28.6. The van der Waals surface area contributed by atoms with Gasteiger partial charge in [0.1, 0.15) is 35.5 Å². The number of non-ortho nitro benzene ring substituents is 1. The molecule has 2 N–H and O–H groups in total. The van der Waals surface area contributed by atoms with Crippen LogP contribution in [0.15, 0.2) is 48.5 Å². The molecule has 0 bridgehead atoms. The molecular weight excluding hydrogens is 795 g/mol. The SMILES string of the molecule is CC[C@H]1OC(=O)[C@H](C)[C@@H](OC(=O)Cc2ccc(F)cc2)[C@H](C)[C@@H](OC2O[C@@H](C)C[C@@H](N(C)Cc3ccc([N+](=O)[O-])cc3)[C@@H]2OC)[C@](C)(OC)C[C@@H](C)C(=O)[C@@H](C)[C@@H](O)[C@]1(C)O. The molecule has 16 heteroatoms. The summed E-state index contributed by atoms with van der Waals surface area (Å²) in [5, 5.41) is 34.4. The van der Waals surface area contributed by atoms with Crippen LogP contribution < -0.4 is 0 Å². The highest BCUT2D eigenvalue weighted by atomic mass is 19.1. The van der Waals surface area contributed by atoms with E-state index in [2.05, 4.69) is 4.90 Å². The van der Waals surface area contributed by atoms with Crippen LogP contribution in [0.3, 0.4) is 0 Å². The maximum Gasteiger partial charge on any atom is 0.312 e. The number of Topliss-reactive ketones (excluding diaryl/α,β-unsaturated/α-hetero) is 1. The Hall–Kier alpha value is -3.90. The van der Waals surface area contributed by atoms with E-state index in [4.69, 9.17) is 28.4 Å². The summed E-state index contributed by atoms with van der Waals surface area (Å²) in [5.41, 5.74) is -2.10. The fourth-order valence-corrected chi connectivity index (χ4v) is 9.04. The highest BCUT2D eigenvalue weighted by Crippen LogP contribution is 2.40. The van der Waals surface area contributed by atoms with Crippen molar-refractivity contribution in [3.8, 4) is 0 Å². The van der Waals surface area contributed by atoms with Crippen molar-refractivity contribution in [3.05, 3.63) is 75.6 Å². The molecule has 0 spiro atoms. The summed E-state index contributed by atoms with van der Waals surface area (Å²) < 4.78 is 51.8. The highest BCUT2D eigenvalue weighted by molar-refractivity contribution is 5.83. The number of carbonyl (C=O) groups excluding carboxylic acids is 3. The Morgan fingerprint density at radius 3 is 2.15 bits per heavy atom. The number of likely N-dealkylation sites (N-methyl/N-ethyl adjacent to an activating group) is 1. The van der Waals surface area contributed by atoms with Gasteiger partial charge in [0, 0.05) is 56.7 Å². The predicted molar refractivity (Wildman–Crippen MR) is 221 cm³/mol. The number of methoxy groups -OCH3 is 2. The Balaban J connectivity index is 1.81. The van der Waals surface area contributed by atoms with Crippen LogP contribution in [0.5, 0.6) is 0 Å². The summed E-state index contributed by atoms with van der Waals surface area (Å²) >= 11 is 0. The summed E-state index contributed by atoms with van der Waals surface area (Å²) in [6.45, 7) is 13.6. The number of benzene rings is 2. The van der Waals surface area contributed by atoms with Crippen molar-refractivity contribution >= 4 is 23.4 Å². The van der Waals surface area contributed by atoms with Crippen LogP contribution in [0, 0.1) is 39.6 Å². The molecule has 2 aromatic rings. The largest absolute Gasteiger partial charge is 0.461 e. The Morgan fingerprint density at radius 2 is 1.59 bits per heavy atom. The number of nitro benzene ring substituents is 1. The zero-order valence-corrected chi connectivity index (χ0v) is 37.2. The van der Waals surface area contributed by atoms with Gasteiger partial charge in [-0.2, -0.15) is 0 Å². The molecule has 2 aromatic carbocycles. The molecule has 14 atom stereocenters. The molecule has 61 heavy (non-hydrogen) atoms. The number of aliphatic hydroxyl groups excluding tert-OH is 1. The quantitative estimate of drug-likeness (QED) is 0.153. The zero-order valence-electron chi connectivity index (χ0n) is 37.2. The third-order valence-corrected chi connectivity index (χ3v) is 12.7. The van der Waals surface area contributed by atoms with Crippen molar-refractivity contribution in [2.45, 2.75) is 148 Å². The molecule has 0 amide bonds. The summed E-state index contributed by atoms with van der Waals surface area (Å²) in [7, 11) is 4.90. The van der Waals surface area contributed by atoms with Crippen molar-refractivity contribution in [2.75, 3.05) is 21.3 Å². The van der Waals surface area contributed by atoms with Crippen LogP contribution >= 0.6 is 0 Å².